The molecule has 2 N–H and O–H groups in total. The molecule has 25 heavy (non-hydrogen) atoms. The molecule has 0 spiro atoms. The summed E-state index contributed by atoms with van der Waals surface area (Å²) in [6.45, 7) is 2.82. The Bertz CT molecular complexity index is 864. The molecule has 2 unspecified atom stereocenters. The molecule has 0 saturated heterocycles. The molecule has 0 bridgehead atoms. The Hall–Kier alpha value is -2.54. The zero-order valence-corrected chi connectivity index (χ0v) is 14.3. The van der Waals surface area contributed by atoms with Gasteiger partial charge in [-0.1, -0.05) is 19.8 Å². The number of anilines is 1. The number of hydrogen-bond donors (Lipinski definition) is 2. The van der Waals surface area contributed by atoms with Gasteiger partial charge >= 0.3 is 0 Å². The average Bonchev–Trinajstić information content (AvgIpc) is 3.08. The predicted octanol–water partition coefficient (Wildman–Crippen LogP) is 2.56. The summed E-state index contributed by atoms with van der Waals surface area (Å²) in [7, 11) is 0. The fraction of sp³-hybridized carbons (Fsp3) is 0.444. The summed E-state index contributed by atoms with van der Waals surface area (Å²) in [5.41, 5.74) is 1.53. The van der Waals surface area contributed by atoms with Crippen LogP contribution in [0.15, 0.2) is 37.1 Å². The van der Waals surface area contributed by atoms with Crippen LogP contribution in [0.5, 0.6) is 0 Å². The monoisotopic (exact) mass is 338 g/mol. The minimum absolute atomic E-state index is 0.128. The van der Waals surface area contributed by atoms with Crippen molar-refractivity contribution in [2.45, 2.75) is 38.7 Å². The molecule has 3 aromatic heterocycles. The number of aliphatic hydroxyl groups is 1. The van der Waals surface area contributed by atoms with Crippen molar-refractivity contribution in [3.63, 3.8) is 0 Å². The second kappa shape index (κ2) is 6.40. The molecule has 4 rings (SSSR count). The average molecular weight is 338 g/mol. The van der Waals surface area contributed by atoms with Crippen molar-refractivity contribution in [1.82, 2.24) is 24.7 Å². The summed E-state index contributed by atoms with van der Waals surface area (Å²) in [4.78, 5) is 12.8. The number of rotatable bonds is 4. The third-order valence-electron chi connectivity index (χ3n) is 5.21. The van der Waals surface area contributed by atoms with Crippen LogP contribution in [0.3, 0.4) is 0 Å². The molecule has 0 radical (unpaired) electrons. The highest BCUT2D eigenvalue weighted by atomic mass is 16.3. The van der Waals surface area contributed by atoms with Gasteiger partial charge in [-0.2, -0.15) is 5.10 Å². The van der Waals surface area contributed by atoms with Crippen molar-refractivity contribution in [1.29, 1.82) is 0 Å². The molecule has 0 aliphatic heterocycles. The minimum atomic E-state index is -0.273. The van der Waals surface area contributed by atoms with E-state index in [1.54, 1.807) is 29.6 Å². The topological polar surface area (TPSA) is 88.8 Å². The molecule has 130 valence electrons. The number of aromatic nitrogens is 5. The Balaban J connectivity index is 1.62. The standard InChI is InChI=1S/C18H22N6O/c1-18(7-3-2-4-15(18)25)11-20-16-14-10-23-24(17(14)22-12-21-16)13-5-8-19-9-6-13/h5-6,8-10,12,15,25H,2-4,7,11H2,1H3,(H,20,21,22). The lowest BCUT2D eigenvalue weighted by atomic mass is 9.73. The molecular formula is C18H22N6O. The third kappa shape index (κ3) is 2.95. The molecule has 0 amide bonds. The maximum atomic E-state index is 10.4. The van der Waals surface area contributed by atoms with E-state index in [9.17, 15) is 5.11 Å². The largest absolute Gasteiger partial charge is 0.392 e. The molecule has 3 aromatic rings. The van der Waals surface area contributed by atoms with E-state index in [1.807, 2.05) is 12.1 Å². The summed E-state index contributed by atoms with van der Waals surface area (Å²) in [6.07, 6.45) is 10.7. The first-order valence-electron chi connectivity index (χ1n) is 8.68. The van der Waals surface area contributed by atoms with E-state index < -0.39 is 0 Å². The summed E-state index contributed by atoms with van der Waals surface area (Å²) < 4.78 is 1.78. The predicted molar refractivity (Wildman–Crippen MR) is 95.5 cm³/mol. The van der Waals surface area contributed by atoms with Gasteiger partial charge in [-0.3, -0.25) is 4.98 Å². The quantitative estimate of drug-likeness (QED) is 0.760. The van der Waals surface area contributed by atoms with E-state index in [2.05, 4.69) is 32.3 Å². The van der Waals surface area contributed by atoms with Crippen molar-refractivity contribution in [2.24, 2.45) is 5.41 Å². The van der Waals surface area contributed by atoms with E-state index in [4.69, 9.17) is 0 Å². The molecule has 3 heterocycles. The molecule has 7 nitrogen and oxygen atoms in total. The van der Waals surface area contributed by atoms with E-state index in [0.717, 1.165) is 48.2 Å². The van der Waals surface area contributed by atoms with Crippen LogP contribution in [0.1, 0.15) is 32.6 Å². The van der Waals surface area contributed by atoms with E-state index in [0.29, 0.717) is 6.54 Å². The van der Waals surface area contributed by atoms with Gasteiger partial charge in [0, 0.05) is 24.4 Å². The van der Waals surface area contributed by atoms with Crippen molar-refractivity contribution < 1.29 is 5.11 Å². The van der Waals surface area contributed by atoms with E-state index >= 15 is 0 Å². The van der Waals surface area contributed by atoms with Crippen LogP contribution in [-0.4, -0.2) is 42.5 Å². The van der Waals surface area contributed by atoms with Crippen LogP contribution in [-0.2, 0) is 0 Å². The lowest BCUT2D eigenvalue weighted by molar-refractivity contribution is 0.00960. The highest BCUT2D eigenvalue weighted by Gasteiger charge is 2.35. The van der Waals surface area contributed by atoms with Crippen molar-refractivity contribution in [3.05, 3.63) is 37.1 Å². The fourth-order valence-electron chi connectivity index (χ4n) is 3.53. The third-order valence-corrected chi connectivity index (χ3v) is 5.21. The summed E-state index contributed by atoms with van der Waals surface area (Å²) in [5, 5.41) is 19.1. The second-order valence-electron chi connectivity index (χ2n) is 6.99. The van der Waals surface area contributed by atoms with Crippen LogP contribution in [0, 0.1) is 5.41 Å². The van der Waals surface area contributed by atoms with E-state index in [-0.39, 0.29) is 11.5 Å². The Morgan fingerprint density at radius 2 is 2.12 bits per heavy atom. The Morgan fingerprint density at radius 3 is 2.92 bits per heavy atom. The number of nitrogens with zero attached hydrogens (tertiary/aromatic N) is 5. The number of aliphatic hydroxyl groups excluding tert-OH is 1. The highest BCUT2D eigenvalue weighted by Crippen LogP contribution is 2.36. The first kappa shape index (κ1) is 16.0. The SMILES string of the molecule is CC1(CNc2ncnc3c2cnn3-c2ccncc2)CCCCC1O. The van der Waals surface area contributed by atoms with Gasteiger partial charge in [-0.15, -0.1) is 0 Å². The van der Waals surface area contributed by atoms with E-state index in [1.165, 1.54) is 0 Å². The van der Waals surface area contributed by atoms with Gasteiger partial charge in [0.1, 0.15) is 12.1 Å². The Kier molecular flexibility index (Phi) is 4.09. The first-order chi connectivity index (χ1) is 12.2. The molecule has 1 fully saturated rings. The highest BCUT2D eigenvalue weighted by molar-refractivity contribution is 5.87. The van der Waals surface area contributed by atoms with Gasteiger partial charge in [0.2, 0.25) is 0 Å². The molecule has 1 saturated carbocycles. The van der Waals surface area contributed by atoms with Gasteiger partial charge in [0.15, 0.2) is 5.65 Å². The molecule has 7 heteroatoms. The zero-order chi connectivity index (χ0) is 17.3. The van der Waals surface area contributed by atoms with Crippen LogP contribution in [0.2, 0.25) is 0 Å². The summed E-state index contributed by atoms with van der Waals surface area (Å²) >= 11 is 0. The lowest BCUT2D eigenvalue weighted by Gasteiger charge is -2.38. The van der Waals surface area contributed by atoms with Gasteiger partial charge in [-0.25, -0.2) is 14.6 Å². The van der Waals surface area contributed by atoms with Crippen LogP contribution < -0.4 is 5.32 Å². The molecule has 0 aromatic carbocycles. The normalized spacial score (nSPS) is 23.7. The van der Waals surface area contributed by atoms with Gasteiger partial charge in [0.25, 0.3) is 0 Å². The van der Waals surface area contributed by atoms with Gasteiger partial charge in [-0.05, 0) is 25.0 Å². The van der Waals surface area contributed by atoms with Crippen molar-refractivity contribution in [2.75, 3.05) is 11.9 Å². The second-order valence-corrected chi connectivity index (χ2v) is 6.99. The van der Waals surface area contributed by atoms with Gasteiger partial charge in [0.05, 0.1) is 23.4 Å². The number of nitrogens with one attached hydrogen (secondary N) is 1. The van der Waals surface area contributed by atoms with Crippen molar-refractivity contribution in [3.8, 4) is 5.69 Å². The maximum absolute atomic E-state index is 10.4. The number of fused-ring (bicyclic) bond motifs is 1. The Labute approximate surface area is 146 Å². The maximum Gasteiger partial charge on any atom is 0.168 e. The molecule has 2 atom stereocenters. The molecule has 1 aliphatic carbocycles. The summed E-state index contributed by atoms with van der Waals surface area (Å²) in [5.74, 6) is 0.754. The molecular weight excluding hydrogens is 316 g/mol. The fourth-order valence-corrected chi connectivity index (χ4v) is 3.53. The van der Waals surface area contributed by atoms with Crippen LogP contribution in [0.25, 0.3) is 16.7 Å². The zero-order valence-electron chi connectivity index (χ0n) is 14.3. The summed E-state index contributed by atoms with van der Waals surface area (Å²) in [6, 6.07) is 3.78. The lowest BCUT2D eigenvalue weighted by Crippen LogP contribution is -2.41. The number of pyridine rings is 1. The smallest absolute Gasteiger partial charge is 0.168 e. The van der Waals surface area contributed by atoms with Gasteiger partial charge < -0.3 is 10.4 Å². The number of hydrogen-bond acceptors (Lipinski definition) is 6. The first-order valence-corrected chi connectivity index (χ1v) is 8.68. The van der Waals surface area contributed by atoms with Crippen LogP contribution in [0.4, 0.5) is 5.82 Å². The Morgan fingerprint density at radius 1 is 1.28 bits per heavy atom. The van der Waals surface area contributed by atoms with Crippen LogP contribution >= 0.6 is 0 Å². The van der Waals surface area contributed by atoms with Crippen molar-refractivity contribution >= 4 is 16.9 Å². The minimum Gasteiger partial charge on any atom is -0.392 e. The molecule has 1 aliphatic rings.